The molecule has 0 aliphatic heterocycles. The van der Waals surface area contributed by atoms with E-state index in [1.165, 1.54) is 0 Å². The highest BCUT2D eigenvalue weighted by atomic mass is 16.5. The van der Waals surface area contributed by atoms with Gasteiger partial charge in [-0.1, -0.05) is 18.2 Å². The molecule has 0 bridgehead atoms. The molecular weight excluding hydrogens is 274 g/mol. The van der Waals surface area contributed by atoms with Gasteiger partial charge in [0.05, 0.1) is 0 Å². The maximum atomic E-state index is 12.3. The first-order valence-electron chi connectivity index (χ1n) is 7.49. The summed E-state index contributed by atoms with van der Waals surface area (Å²) in [5.41, 5.74) is 5.31. The van der Waals surface area contributed by atoms with E-state index in [1.807, 2.05) is 58.0 Å². The van der Waals surface area contributed by atoms with Crippen molar-refractivity contribution in [1.29, 1.82) is 0 Å². The molecule has 2 aromatic carbocycles. The van der Waals surface area contributed by atoms with Gasteiger partial charge in [-0.3, -0.25) is 4.79 Å². The topological polar surface area (TPSA) is 38.3 Å². The largest absolute Gasteiger partial charge is 0.481 e. The highest BCUT2D eigenvalue weighted by Gasteiger charge is 2.16. The number of hydrogen-bond acceptors (Lipinski definition) is 2. The molecular formula is C19H23NO2. The van der Waals surface area contributed by atoms with Crippen LogP contribution in [-0.4, -0.2) is 12.0 Å². The van der Waals surface area contributed by atoms with Gasteiger partial charge in [0.1, 0.15) is 5.75 Å². The lowest BCUT2D eigenvalue weighted by molar-refractivity contribution is -0.122. The van der Waals surface area contributed by atoms with Gasteiger partial charge in [0.25, 0.3) is 5.91 Å². The zero-order valence-corrected chi connectivity index (χ0v) is 13.9. The monoisotopic (exact) mass is 297 g/mol. The average molecular weight is 297 g/mol. The molecule has 116 valence electrons. The fourth-order valence-electron chi connectivity index (χ4n) is 2.38. The Balaban J connectivity index is 2.07. The second kappa shape index (κ2) is 6.65. The Morgan fingerprint density at radius 3 is 2.32 bits per heavy atom. The summed E-state index contributed by atoms with van der Waals surface area (Å²) in [6.07, 6.45) is -0.555. The van der Waals surface area contributed by atoms with Crippen LogP contribution in [0.2, 0.25) is 0 Å². The zero-order chi connectivity index (χ0) is 16.3. The number of aryl methyl sites for hydroxylation is 3. The third-order valence-electron chi connectivity index (χ3n) is 3.74. The Kier molecular flexibility index (Phi) is 4.86. The minimum Gasteiger partial charge on any atom is -0.481 e. The predicted octanol–water partition coefficient (Wildman–Crippen LogP) is 4.33. The van der Waals surface area contributed by atoms with Crippen LogP contribution in [0.5, 0.6) is 5.75 Å². The minimum atomic E-state index is -0.555. The smallest absolute Gasteiger partial charge is 0.265 e. The van der Waals surface area contributed by atoms with E-state index < -0.39 is 6.10 Å². The van der Waals surface area contributed by atoms with Gasteiger partial charge >= 0.3 is 0 Å². The van der Waals surface area contributed by atoms with Gasteiger partial charge in [-0.2, -0.15) is 0 Å². The molecule has 0 radical (unpaired) electrons. The summed E-state index contributed by atoms with van der Waals surface area (Å²) < 4.78 is 5.77. The Morgan fingerprint density at radius 1 is 1.05 bits per heavy atom. The Hall–Kier alpha value is -2.29. The summed E-state index contributed by atoms with van der Waals surface area (Å²) in [6, 6.07) is 11.8. The van der Waals surface area contributed by atoms with E-state index in [9.17, 15) is 4.79 Å². The van der Waals surface area contributed by atoms with Crippen LogP contribution in [0.25, 0.3) is 0 Å². The summed E-state index contributed by atoms with van der Waals surface area (Å²) in [4.78, 5) is 12.3. The van der Waals surface area contributed by atoms with Crippen molar-refractivity contribution in [2.75, 3.05) is 5.32 Å². The first-order valence-corrected chi connectivity index (χ1v) is 7.49. The number of anilines is 1. The number of hydrogen-bond donors (Lipinski definition) is 1. The number of carbonyl (C=O) groups excluding carboxylic acids is 1. The molecule has 0 saturated carbocycles. The molecule has 3 nitrogen and oxygen atoms in total. The minimum absolute atomic E-state index is 0.146. The van der Waals surface area contributed by atoms with Crippen LogP contribution in [0.3, 0.4) is 0 Å². The molecule has 1 N–H and O–H groups in total. The summed E-state index contributed by atoms with van der Waals surface area (Å²) in [7, 11) is 0. The van der Waals surface area contributed by atoms with Gasteiger partial charge in [-0.25, -0.2) is 0 Å². The van der Waals surface area contributed by atoms with Crippen LogP contribution >= 0.6 is 0 Å². The number of benzene rings is 2. The summed E-state index contributed by atoms with van der Waals surface area (Å²) in [5, 5.41) is 2.94. The van der Waals surface area contributed by atoms with E-state index >= 15 is 0 Å². The molecule has 1 amide bonds. The Morgan fingerprint density at radius 2 is 1.68 bits per heavy atom. The van der Waals surface area contributed by atoms with Crippen molar-refractivity contribution < 1.29 is 9.53 Å². The third-order valence-corrected chi connectivity index (χ3v) is 3.74. The predicted molar refractivity (Wildman–Crippen MR) is 90.6 cm³/mol. The normalized spacial score (nSPS) is 11.9. The first kappa shape index (κ1) is 16.1. The number of amides is 1. The molecule has 3 heteroatoms. The molecule has 2 aromatic rings. The van der Waals surface area contributed by atoms with E-state index in [0.29, 0.717) is 0 Å². The van der Waals surface area contributed by atoms with Crippen LogP contribution in [0.15, 0.2) is 36.4 Å². The van der Waals surface area contributed by atoms with Crippen LogP contribution in [0.4, 0.5) is 5.69 Å². The van der Waals surface area contributed by atoms with E-state index in [0.717, 1.165) is 33.7 Å². The Labute approximate surface area is 132 Å². The van der Waals surface area contributed by atoms with Crippen molar-refractivity contribution in [2.45, 2.75) is 40.7 Å². The number of ether oxygens (including phenoxy) is 1. The maximum absolute atomic E-state index is 12.3. The zero-order valence-electron chi connectivity index (χ0n) is 13.9. The van der Waals surface area contributed by atoms with E-state index in [4.69, 9.17) is 4.74 Å². The van der Waals surface area contributed by atoms with Crippen molar-refractivity contribution in [2.24, 2.45) is 0 Å². The summed E-state index contributed by atoms with van der Waals surface area (Å²) in [5.74, 6) is 0.578. The molecule has 0 fully saturated rings. The lowest BCUT2D eigenvalue weighted by Crippen LogP contribution is -2.30. The fourth-order valence-corrected chi connectivity index (χ4v) is 2.38. The molecule has 2 rings (SSSR count). The highest BCUT2D eigenvalue weighted by Crippen LogP contribution is 2.20. The highest BCUT2D eigenvalue weighted by molar-refractivity contribution is 5.94. The first-order chi connectivity index (χ1) is 10.4. The molecule has 0 aromatic heterocycles. The summed E-state index contributed by atoms with van der Waals surface area (Å²) in [6.45, 7) is 9.82. The van der Waals surface area contributed by atoms with Crippen molar-refractivity contribution in [3.63, 3.8) is 0 Å². The fraction of sp³-hybridized carbons (Fsp3) is 0.316. The van der Waals surface area contributed by atoms with E-state index in [-0.39, 0.29) is 5.91 Å². The van der Waals surface area contributed by atoms with Crippen LogP contribution in [0.1, 0.15) is 29.2 Å². The van der Waals surface area contributed by atoms with E-state index in [1.54, 1.807) is 6.92 Å². The quantitative estimate of drug-likeness (QED) is 0.912. The number of carbonyl (C=O) groups is 1. The SMILES string of the molecule is Cc1cc(C)cc(OC(C)C(=O)Nc2cccc(C)c2C)c1. The molecule has 0 aliphatic carbocycles. The van der Waals surface area contributed by atoms with Crippen molar-refractivity contribution in [3.8, 4) is 5.75 Å². The summed E-state index contributed by atoms with van der Waals surface area (Å²) >= 11 is 0. The van der Waals surface area contributed by atoms with Gasteiger partial charge in [-0.15, -0.1) is 0 Å². The molecule has 0 aliphatic rings. The van der Waals surface area contributed by atoms with Gasteiger partial charge in [0.15, 0.2) is 6.10 Å². The van der Waals surface area contributed by atoms with Crippen molar-refractivity contribution in [1.82, 2.24) is 0 Å². The number of nitrogens with one attached hydrogen (secondary N) is 1. The molecule has 22 heavy (non-hydrogen) atoms. The molecule has 1 atom stereocenters. The van der Waals surface area contributed by atoms with Gasteiger partial charge in [0, 0.05) is 5.69 Å². The second-order valence-corrected chi connectivity index (χ2v) is 5.82. The lowest BCUT2D eigenvalue weighted by Gasteiger charge is -2.17. The molecule has 0 saturated heterocycles. The lowest BCUT2D eigenvalue weighted by atomic mass is 10.1. The maximum Gasteiger partial charge on any atom is 0.265 e. The number of rotatable bonds is 4. The molecule has 0 spiro atoms. The molecule has 0 heterocycles. The van der Waals surface area contributed by atoms with Crippen LogP contribution in [0, 0.1) is 27.7 Å². The second-order valence-electron chi connectivity index (χ2n) is 5.82. The van der Waals surface area contributed by atoms with Crippen LogP contribution < -0.4 is 10.1 Å². The third kappa shape index (κ3) is 3.88. The van der Waals surface area contributed by atoms with Crippen molar-refractivity contribution in [3.05, 3.63) is 58.7 Å². The van der Waals surface area contributed by atoms with Gasteiger partial charge in [0.2, 0.25) is 0 Å². The molecule has 1 unspecified atom stereocenters. The van der Waals surface area contributed by atoms with Crippen molar-refractivity contribution >= 4 is 11.6 Å². The standard InChI is InChI=1S/C19H23NO2/c1-12-9-13(2)11-17(10-12)22-16(5)19(21)20-18-8-6-7-14(3)15(18)4/h6-11,16H,1-5H3,(H,20,21). The van der Waals surface area contributed by atoms with Gasteiger partial charge < -0.3 is 10.1 Å². The average Bonchev–Trinajstić information content (AvgIpc) is 2.42. The van der Waals surface area contributed by atoms with Gasteiger partial charge in [-0.05, 0) is 75.1 Å². The van der Waals surface area contributed by atoms with E-state index in [2.05, 4.69) is 11.4 Å². The van der Waals surface area contributed by atoms with Crippen LogP contribution in [-0.2, 0) is 4.79 Å². The Bertz CT molecular complexity index is 672.